The molecular weight excluding hydrogens is 1830 g/mol. The van der Waals surface area contributed by atoms with Crippen molar-refractivity contribution in [2.24, 2.45) is 0 Å². The maximum Gasteiger partial charge on any atom is 0.326 e. The Morgan fingerprint density at radius 2 is 0.612 bits per heavy atom. The number of nitrogens with zero attached hydrogens (tertiary/aromatic N) is 9. The molecule has 39 heteroatoms. The SMILES string of the molecule is CC(C)(C)[Si](C)(C)OCCC1C(=O)N(C(Cc2ccc3ccccc3c2)C(=O)O)CCN1S(=O)(=O)c1ccccc1[N+](=O)[O-].CNC(=O)C(Cc1ccc2ccccc2c1)N1CCN(S(=O)(=O)c2ccccc2[N+](=O)[O-])C(CCO[Si](C)(C)C(C)(C)C)C1=O.CNC(=O)C(Cc1ccc2ccccc2c1)N1CCN(S(=O)(=O)c2ccccc2[N+](=O)[O-])C(CCO[Si](C)(C)C(C)(C)C)C1=O. The molecule has 3 saturated heterocycles. The number of benzene rings is 9. The molecule has 5 amide bonds. The summed E-state index contributed by atoms with van der Waals surface area (Å²) in [5, 5.41) is 56.5. The highest BCUT2D eigenvalue weighted by Crippen LogP contribution is 2.42. The molecule has 0 aromatic heterocycles. The molecule has 0 saturated carbocycles. The van der Waals surface area contributed by atoms with Crippen molar-refractivity contribution in [3.8, 4) is 0 Å². The van der Waals surface area contributed by atoms with Gasteiger partial charge >= 0.3 is 5.97 Å². The number of sulfonamides is 3. The van der Waals surface area contributed by atoms with Crippen molar-refractivity contribution >= 4 is 140 Å². The van der Waals surface area contributed by atoms with E-state index in [-0.39, 0.29) is 125 Å². The number of nitro groups is 3. The first-order valence-corrected chi connectivity index (χ1v) is 57.4. The number of hydrogen-bond donors (Lipinski definition) is 3. The summed E-state index contributed by atoms with van der Waals surface area (Å²) in [4.78, 5) is 117. The van der Waals surface area contributed by atoms with Crippen LogP contribution in [0.5, 0.6) is 0 Å². The highest BCUT2D eigenvalue weighted by Gasteiger charge is 2.52. The second-order valence-electron chi connectivity index (χ2n) is 38.1. The molecule has 0 bridgehead atoms. The number of amides is 5. The zero-order chi connectivity index (χ0) is 98.8. The van der Waals surface area contributed by atoms with Gasteiger partial charge in [0, 0.05) is 111 Å². The lowest BCUT2D eigenvalue weighted by Gasteiger charge is -2.43. The van der Waals surface area contributed by atoms with Crippen molar-refractivity contribution in [3.63, 3.8) is 0 Å². The quantitative estimate of drug-likeness (QED) is 0.0195. The zero-order valence-corrected chi connectivity index (χ0v) is 84.3. The van der Waals surface area contributed by atoms with E-state index in [0.29, 0.717) is 0 Å². The number of rotatable bonds is 33. The number of piperazine rings is 3. The monoisotopic (exact) mass is 1950 g/mol. The van der Waals surface area contributed by atoms with Crippen LogP contribution in [-0.2, 0) is 91.4 Å². The molecule has 6 unspecified atom stereocenters. The predicted octanol–water partition coefficient (Wildman–Crippen LogP) is 14.5. The number of nitro benzene ring substituents is 3. The van der Waals surface area contributed by atoms with Gasteiger partial charge in [-0.25, -0.2) is 30.0 Å². The second kappa shape index (κ2) is 42.9. The van der Waals surface area contributed by atoms with Crippen LogP contribution < -0.4 is 10.6 Å². The minimum Gasteiger partial charge on any atom is -0.480 e. The number of fused-ring (bicyclic) bond motifs is 3. The van der Waals surface area contributed by atoms with E-state index in [1.54, 1.807) is 0 Å². The van der Waals surface area contributed by atoms with Crippen LogP contribution in [0.2, 0.25) is 54.4 Å². The summed E-state index contributed by atoms with van der Waals surface area (Å²) < 4.78 is 106. The lowest BCUT2D eigenvalue weighted by atomic mass is 9.98. The Morgan fingerprint density at radius 1 is 0.381 bits per heavy atom. The van der Waals surface area contributed by atoms with Crippen molar-refractivity contribution in [2.75, 3.05) is 73.2 Å². The average molecular weight is 1950 g/mol. The smallest absolute Gasteiger partial charge is 0.326 e. The van der Waals surface area contributed by atoms with E-state index in [1.807, 2.05) is 140 Å². The fourth-order valence-electron chi connectivity index (χ4n) is 15.9. The van der Waals surface area contributed by atoms with Crippen molar-refractivity contribution in [1.82, 2.24) is 38.2 Å². The van der Waals surface area contributed by atoms with Gasteiger partial charge in [-0.1, -0.05) is 226 Å². The average Bonchev–Trinajstić information content (AvgIpc) is 0.760. The molecule has 3 aliphatic rings. The van der Waals surface area contributed by atoms with Gasteiger partial charge in [-0.15, -0.1) is 0 Å². The number of carbonyl (C=O) groups excluding carboxylic acids is 5. The van der Waals surface area contributed by atoms with E-state index in [2.05, 4.69) is 99.1 Å². The molecule has 3 N–H and O–H groups in total. The summed E-state index contributed by atoms with van der Waals surface area (Å²) in [7, 11) is -17.2. The molecule has 134 heavy (non-hydrogen) atoms. The minimum atomic E-state index is -4.51. The number of likely N-dealkylation sites (N-methyl/N-ethyl adjacent to an activating group) is 2. The van der Waals surface area contributed by atoms with Crippen LogP contribution in [0.4, 0.5) is 17.1 Å². The summed E-state index contributed by atoms with van der Waals surface area (Å²) in [6.07, 6.45) is 0.483. The summed E-state index contributed by atoms with van der Waals surface area (Å²) in [5.41, 5.74) is 0.687. The molecule has 720 valence electrons. The third kappa shape index (κ3) is 24.1. The van der Waals surface area contributed by atoms with Gasteiger partial charge in [0.15, 0.2) is 39.6 Å². The van der Waals surface area contributed by atoms with Crippen LogP contribution in [0.25, 0.3) is 32.3 Å². The summed E-state index contributed by atoms with van der Waals surface area (Å²) in [5.74, 6) is -3.72. The van der Waals surface area contributed by atoms with Crippen LogP contribution in [0.15, 0.2) is 215 Å². The van der Waals surface area contributed by atoms with E-state index >= 15 is 0 Å². The van der Waals surface area contributed by atoms with Gasteiger partial charge in [-0.05, 0) is 141 Å². The molecule has 0 radical (unpaired) electrons. The van der Waals surface area contributed by atoms with E-state index in [0.717, 1.165) is 86.2 Å². The van der Waals surface area contributed by atoms with Crippen LogP contribution in [0.1, 0.15) is 98.3 Å². The van der Waals surface area contributed by atoms with Gasteiger partial charge in [-0.2, -0.15) is 12.9 Å². The first-order valence-electron chi connectivity index (χ1n) is 44.4. The highest BCUT2D eigenvalue weighted by molar-refractivity contribution is 7.90. The molecule has 6 atom stereocenters. The van der Waals surface area contributed by atoms with Crippen LogP contribution in [0.3, 0.4) is 0 Å². The number of carboxylic acid groups (broad SMARTS) is 1. The van der Waals surface area contributed by atoms with Gasteiger partial charge < -0.3 is 43.7 Å². The molecule has 3 aliphatic heterocycles. The molecule has 0 spiro atoms. The Kier molecular flexibility index (Phi) is 33.7. The van der Waals surface area contributed by atoms with Gasteiger partial charge in [0.25, 0.3) is 47.1 Å². The molecule has 3 heterocycles. The van der Waals surface area contributed by atoms with E-state index in [9.17, 15) is 89.5 Å². The van der Waals surface area contributed by atoms with Crippen molar-refractivity contribution in [3.05, 3.63) is 247 Å². The van der Waals surface area contributed by atoms with Crippen molar-refractivity contribution < 1.29 is 87.2 Å². The number of hydrogen-bond acceptors (Lipinski definition) is 21. The van der Waals surface area contributed by atoms with E-state index in [1.165, 1.54) is 77.3 Å². The normalized spacial score (nSPS) is 17.4. The Morgan fingerprint density at radius 3 is 0.851 bits per heavy atom. The highest BCUT2D eigenvalue weighted by atomic mass is 32.2. The van der Waals surface area contributed by atoms with Gasteiger partial charge in [-0.3, -0.25) is 54.3 Å². The van der Waals surface area contributed by atoms with Gasteiger partial charge in [0.05, 0.1) is 14.8 Å². The number of carboxylic acids is 1. The molecule has 12 rings (SSSR count). The topological polar surface area (TPSA) is 426 Å². The fourth-order valence-corrected chi connectivity index (χ4v) is 24.3. The lowest BCUT2D eigenvalue weighted by Crippen LogP contribution is -2.63. The van der Waals surface area contributed by atoms with E-state index in [4.69, 9.17) is 13.3 Å². The molecule has 3 fully saturated rings. The third-order valence-electron chi connectivity index (χ3n) is 26.6. The summed E-state index contributed by atoms with van der Waals surface area (Å²) >= 11 is 0. The largest absolute Gasteiger partial charge is 0.480 e. The maximum absolute atomic E-state index is 14.3. The van der Waals surface area contributed by atoms with Crippen molar-refractivity contribution in [2.45, 2.75) is 206 Å². The zero-order valence-electron chi connectivity index (χ0n) is 78.9. The molecule has 0 aliphatic carbocycles. The first-order chi connectivity index (χ1) is 62.7. The lowest BCUT2D eigenvalue weighted by molar-refractivity contribution is -0.388. The summed E-state index contributed by atoms with van der Waals surface area (Å²) in [6.45, 7) is 30.4. The molecule has 9 aromatic rings. The Bertz CT molecular complexity index is 5980. The van der Waals surface area contributed by atoms with Crippen LogP contribution in [-0.4, -0.2) is 243 Å². The number of aliphatic carboxylic acids is 1. The van der Waals surface area contributed by atoms with Gasteiger partial charge in [0.2, 0.25) is 29.5 Å². The Hall–Kier alpha value is -11.0. The van der Waals surface area contributed by atoms with E-state index < -0.39 is 161 Å². The first kappa shape index (κ1) is 105. The van der Waals surface area contributed by atoms with Crippen molar-refractivity contribution in [1.29, 1.82) is 0 Å². The molecule has 9 aromatic carbocycles. The fraction of sp³-hybridized carbons (Fsp3) is 0.432. The molecular formula is C95H123N11O22S3Si3. The number of carbonyl (C=O) groups is 6. The third-order valence-corrected chi connectivity index (χ3v) is 46.1. The molecule has 33 nitrogen and oxygen atoms in total. The predicted molar refractivity (Wildman–Crippen MR) is 521 cm³/mol. The van der Waals surface area contributed by atoms with Gasteiger partial charge in [0.1, 0.15) is 36.3 Å². The number of para-hydroxylation sites is 3. The van der Waals surface area contributed by atoms with Crippen LogP contribution in [0, 0.1) is 30.3 Å². The minimum absolute atomic E-state index is 0.0238. The number of nitrogens with one attached hydrogen (secondary N) is 2. The standard InChI is InChI=1S/2C32H42N4O7SSi.C31H39N3O8SSi/c2*1-32(2,3)45(5,6)43-20-17-27-31(38)34(18-19-35(27)44(41,42)29-14-10-9-13-26(29)36(39)40)28(30(37)33-4)22-23-15-16-24-11-7-8-12-25(24)21-23;1-31(2,3)44(4,5)42-19-16-26-29(35)32(17-18-33(26)43(40,41)28-13-9-8-12-25(28)34(38)39)27(30(36)37)21-22-14-15-23-10-6-7-11-24(23)20-22/h2*7-16,21,27-28H,17-20,22H2,1-6H3,(H,33,37);6-15,20,26-27H,16-19,21H2,1-5H3,(H,36,37). The Balaban J connectivity index is 0.000000208. The maximum atomic E-state index is 14.3. The Labute approximate surface area is 786 Å². The summed E-state index contributed by atoms with van der Waals surface area (Å²) in [6, 6.07) is 49.1. The second-order valence-corrected chi connectivity index (χ2v) is 58.1. The van der Waals surface area contributed by atoms with Crippen LogP contribution >= 0.6 is 0 Å².